The molecule has 0 aliphatic heterocycles. The summed E-state index contributed by atoms with van der Waals surface area (Å²) in [5.74, 6) is 0. The van der Waals surface area contributed by atoms with Crippen molar-refractivity contribution in [1.82, 2.24) is 0 Å². The lowest BCUT2D eigenvalue weighted by Gasteiger charge is -2.01. The maximum atomic E-state index is 10.4. The SMILES string of the molecule is Cc1cc2sc(C3(N=C=O)CC3)cc2s1. The average molecular weight is 235 g/mol. The second-order valence-corrected chi connectivity index (χ2v) is 6.30. The van der Waals surface area contributed by atoms with Gasteiger partial charge in [-0.3, -0.25) is 0 Å². The van der Waals surface area contributed by atoms with Gasteiger partial charge in [-0.25, -0.2) is 4.79 Å². The lowest BCUT2D eigenvalue weighted by atomic mass is 10.2. The Morgan fingerprint density at radius 2 is 2.07 bits per heavy atom. The summed E-state index contributed by atoms with van der Waals surface area (Å²) in [6.45, 7) is 2.12. The molecule has 1 aliphatic carbocycles. The zero-order chi connectivity index (χ0) is 10.5. The highest BCUT2D eigenvalue weighted by Crippen LogP contribution is 2.53. The molecule has 0 aromatic carbocycles. The van der Waals surface area contributed by atoms with Crippen LogP contribution in [0.5, 0.6) is 0 Å². The summed E-state index contributed by atoms with van der Waals surface area (Å²) in [6, 6.07) is 4.39. The number of aryl methyl sites for hydroxylation is 1. The minimum atomic E-state index is -0.195. The highest BCUT2D eigenvalue weighted by Gasteiger charge is 2.46. The van der Waals surface area contributed by atoms with Crippen molar-refractivity contribution in [2.75, 3.05) is 0 Å². The van der Waals surface area contributed by atoms with Crippen molar-refractivity contribution in [3.8, 4) is 0 Å². The van der Waals surface area contributed by atoms with E-state index in [-0.39, 0.29) is 5.54 Å². The minimum absolute atomic E-state index is 0.195. The molecule has 1 fully saturated rings. The second kappa shape index (κ2) is 3.01. The first-order valence-electron chi connectivity index (χ1n) is 4.83. The van der Waals surface area contributed by atoms with Gasteiger partial charge in [-0.05, 0) is 31.9 Å². The van der Waals surface area contributed by atoms with E-state index in [1.54, 1.807) is 28.8 Å². The Balaban J connectivity index is 2.12. The maximum Gasteiger partial charge on any atom is 0.235 e. The highest BCUT2D eigenvalue weighted by atomic mass is 32.1. The van der Waals surface area contributed by atoms with Gasteiger partial charge in [0, 0.05) is 19.2 Å². The van der Waals surface area contributed by atoms with Crippen molar-refractivity contribution in [1.29, 1.82) is 0 Å². The van der Waals surface area contributed by atoms with Crippen LogP contribution in [0, 0.1) is 6.92 Å². The van der Waals surface area contributed by atoms with E-state index in [0.29, 0.717) is 0 Å². The standard InChI is InChI=1S/C11H9NOS2/c1-7-4-8-9(14-7)5-10(15-8)11(2-3-11)12-6-13/h4-5H,2-3H2,1H3. The fraction of sp³-hybridized carbons (Fsp3) is 0.364. The first-order chi connectivity index (χ1) is 7.23. The van der Waals surface area contributed by atoms with E-state index in [1.807, 2.05) is 0 Å². The van der Waals surface area contributed by atoms with Gasteiger partial charge in [0.15, 0.2) is 0 Å². The Bertz CT molecular complexity index is 539. The molecular weight excluding hydrogens is 226 g/mol. The smallest absolute Gasteiger partial charge is 0.211 e. The molecule has 15 heavy (non-hydrogen) atoms. The monoisotopic (exact) mass is 235 g/mol. The van der Waals surface area contributed by atoms with Crippen LogP contribution in [0.4, 0.5) is 0 Å². The topological polar surface area (TPSA) is 29.4 Å². The molecule has 0 amide bonds. The van der Waals surface area contributed by atoms with Crippen molar-refractivity contribution in [2.45, 2.75) is 25.3 Å². The van der Waals surface area contributed by atoms with Gasteiger partial charge in [-0.2, -0.15) is 4.99 Å². The Morgan fingerprint density at radius 1 is 1.33 bits per heavy atom. The molecule has 3 rings (SSSR count). The van der Waals surface area contributed by atoms with E-state index >= 15 is 0 Å². The molecule has 0 unspecified atom stereocenters. The molecule has 1 aliphatic rings. The fourth-order valence-electron chi connectivity index (χ4n) is 1.80. The van der Waals surface area contributed by atoms with Gasteiger partial charge in [0.2, 0.25) is 6.08 Å². The van der Waals surface area contributed by atoms with E-state index in [2.05, 4.69) is 24.0 Å². The number of fused-ring (bicyclic) bond motifs is 1. The van der Waals surface area contributed by atoms with E-state index in [0.717, 1.165) is 12.8 Å². The van der Waals surface area contributed by atoms with Gasteiger partial charge in [0.05, 0.1) is 0 Å². The number of hydrogen-bond acceptors (Lipinski definition) is 4. The second-order valence-electron chi connectivity index (χ2n) is 3.93. The molecule has 0 bridgehead atoms. The van der Waals surface area contributed by atoms with Gasteiger partial charge in [-0.15, -0.1) is 22.7 Å². The molecule has 0 N–H and O–H groups in total. The highest BCUT2D eigenvalue weighted by molar-refractivity contribution is 7.27. The number of rotatable bonds is 2. The molecule has 0 atom stereocenters. The Morgan fingerprint density at radius 3 is 2.67 bits per heavy atom. The van der Waals surface area contributed by atoms with Crippen LogP contribution in [-0.4, -0.2) is 6.08 Å². The summed E-state index contributed by atoms with van der Waals surface area (Å²) in [5.41, 5.74) is -0.195. The van der Waals surface area contributed by atoms with Crippen LogP contribution in [0.3, 0.4) is 0 Å². The van der Waals surface area contributed by atoms with Gasteiger partial charge in [0.1, 0.15) is 5.54 Å². The van der Waals surface area contributed by atoms with Crippen LogP contribution in [0.2, 0.25) is 0 Å². The molecule has 2 nitrogen and oxygen atoms in total. The third kappa shape index (κ3) is 1.37. The third-order valence-electron chi connectivity index (χ3n) is 2.77. The summed E-state index contributed by atoms with van der Waals surface area (Å²) in [4.78, 5) is 16.9. The van der Waals surface area contributed by atoms with Crippen LogP contribution in [0.1, 0.15) is 22.6 Å². The number of nitrogens with zero attached hydrogens (tertiary/aromatic N) is 1. The summed E-state index contributed by atoms with van der Waals surface area (Å²) in [6.07, 6.45) is 3.69. The predicted molar refractivity (Wildman–Crippen MR) is 63.5 cm³/mol. The Labute approximate surface area is 95.3 Å². The first-order valence-corrected chi connectivity index (χ1v) is 6.46. The molecule has 2 aromatic rings. The number of isocyanates is 1. The van der Waals surface area contributed by atoms with Crippen LogP contribution in [0.15, 0.2) is 17.1 Å². The normalized spacial score (nSPS) is 17.7. The summed E-state index contributed by atoms with van der Waals surface area (Å²) in [7, 11) is 0. The maximum absolute atomic E-state index is 10.4. The molecule has 2 aromatic heterocycles. The van der Waals surface area contributed by atoms with Crippen molar-refractivity contribution in [3.05, 3.63) is 21.9 Å². The Hall–Kier alpha value is -0.960. The van der Waals surface area contributed by atoms with Gasteiger partial charge < -0.3 is 0 Å². The lowest BCUT2D eigenvalue weighted by Crippen LogP contribution is -1.97. The summed E-state index contributed by atoms with van der Waals surface area (Å²) < 4.78 is 2.64. The molecule has 0 radical (unpaired) electrons. The quantitative estimate of drug-likeness (QED) is 0.577. The molecule has 4 heteroatoms. The van der Waals surface area contributed by atoms with Crippen LogP contribution < -0.4 is 0 Å². The molecule has 0 saturated heterocycles. The number of hydrogen-bond donors (Lipinski definition) is 0. The van der Waals surface area contributed by atoms with E-state index in [9.17, 15) is 4.79 Å². The van der Waals surface area contributed by atoms with Crippen molar-refractivity contribution >= 4 is 38.2 Å². The number of aliphatic imine (C=N–C) groups is 1. The van der Waals surface area contributed by atoms with Crippen molar-refractivity contribution in [2.24, 2.45) is 4.99 Å². The van der Waals surface area contributed by atoms with E-state index in [1.165, 1.54) is 19.2 Å². The zero-order valence-corrected chi connectivity index (χ0v) is 9.87. The van der Waals surface area contributed by atoms with E-state index in [4.69, 9.17) is 0 Å². The molecule has 0 spiro atoms. The van der Waals surface area contributed by atoms with Crippen LogP contribution in [0.25, 0.3) is 9.40 Å². The largest absolute Gasteiger partial charge is 0.235 e. The first kappa shape index (κ1) is 9.28. The minimum Gasteiger partial charge on any atom is -0.211 e. The molecular formula is C11H9NOS2. The summed E-state index contributed by atoms with van der Waals surface area (Å²) in [5, 5.41) is 0. The zero-order valence-electron chi connectivity index (χ0n) is 8.24. The average Bonchev–Trinajstić information content (AvgIpc) is 2.72. The lowest BCUT2D eigenvalue weighted by molar-refractivity contribution is 0.557. The van der Waals surface area contributed by atoms with Gasteiger partial charge >= 0.3 is 0 Å². The van der Waals surface area contributed by atoms with Crippen molar-refractivity contribution in [3.63, 3.8) is 0 Å². The van der Waals surface area contributed by atoms with E-state index < -0.39 is 0 Å². The van der Waals surface area contributed by atoms with Crippen molar-refractivity contribution < 1.29 is 4.79 Å². The van der Waals surface area contributed by atoms with Crippen LogP contribution >= 0.6 is 22.7 Å². The Kier molecular flexibility index (Phi) is 1.87. The van der Waals surface area contributed by atoms with Gasteiger partial charge in [0.25, 0.3) is 0 Å². The fourth-order valence-corrected chi connectivity index (χ4v) is 4.31. The number of carbonyl (C=O) groups excluding carboxylic acids is 1. The molecule has 1 saturated carbocycles. The van der Waals surface area contributed by atoms with Gasteiger partial charge in [-0.1, -0.05) is 0 Å². The third-order valence-corrected chi connectivity index (χ3v) is 5.17. The number of thiophene rings is 2. The molecule has 76 valence electrons. The predicted octanol–water partition coefficient (Wildman–Crippen LogP) is 3.60. The molecule has 2 heterocycles. The summed E-state index contributed by atoms with van der Waals surface area (Å²) >= 11 is 3.57. The van der Waals surface area contributed by atoms with Crippen LogP contribution in [-0.2, 0) is 10.3 Å².